The summed E-state index contributed by atoms with van der Waals surface area (Å²) >= 11 is 0. The number of aromatic hydroxyl groups is 1. The van der Waals surface area contributed by atoms with Crippen LogP contribution in [0.3, 0.4) is 0 Å². The van der Waals surface area contributed by atoms with E-state index < -0.39 is 5.91 Å². The SMILES string of the molecule is O=Cc1c(O)c(C(=O)NCCO)cc2ccccc12. The Morgan fingerprint density at radius 1 is 1.32 bits per heavy atom. The molecule has 0 unspecified atom stereocenters. The van der Waals surface area contributed by atoms with E-state index in [9.17, 15) is 14.7 Å². The molecule has 5 heteroatoms. The van der Waals surface area contributed by atoms with Crippen LogP contribution >= 0.6 is 0 Å². The summed E-state index contributed by atoms with van der Waals surface area (Å²) in [5, 5.41) is 22.4. The maximum absolute atomic E-state index is 11.8. The fourth-order valence-electron chi connectivity index (χ4n) is 1.92. The van der Waals surface area contributed by atoms with Crippen LogP contribution in [0.4, 0.5) is 0 Å². The first kappa shape index (κ1) is 13.0. The Morgan fingerprint density at radius 3 is 2.74 bits per heavy atom. The molecule has 2 aromatic carbocycles. The summed E-state index contributed by atoms with van der Waals surface area (Å²) in [5.41, 5.74) is 0.112. The predicted octanol–water partition coefficient (Wildman–Crippen LogP) is 1.08. The minimum absolute atomic E-state index is 0.0225. The molecule has 0 bridgehead atoms. The Morgan fingerprint density at radius 2 is 2.05 bits per heavy atom. The molecular formula is C14H13NO4. The fourth-order valence-corrected chi connectivity index (χ4v) is 1.92. The van der Waals surface area contributed by atoms with Crippen molar-refractivity contribution in [3.05, 3.63) is 41.5 Å². The zero-order chi connectivity index (χ0) is 13.8. The molecular weight excluding hydrogens is 246 g/mol. The summed E-state index contributed by atoms with van der Waals surface area (Å²) < 4.78 is 0. The van der Waals surface area contributed by atoms with Gasteiger partial charge in [0.2, 0.25) is 0 Å². The summed E-state index contributed by atoms with van der Waals surface area (Å²) in [5.74, 6) is -0.871. The van der Waals surface area contributed by atoms with Gasteiger partial charge in [0.15, 0.2) is 6.29 Å². The van der Waals surface area contributed by atoms with Gasteiger partial charge in [-0.3, -0.25) is 9.59 Å². The van der Waals surface area contributed by atoms with Gasteiger partial charge in [0.05, 0.1) is 17.7 Å². The van der Waals surface area contributed by atoms with Crippen LogP contribution in [-0.2, 0) is 0 Å². The second kappa shape index (κ2) is 5.49. The van der Waals surface area contributed by atoms with Crippen LogP contribution in [-0.4, -0.2) is 35.6 Å². The van der Waals surface area contributed by atoms with Crippen molar-refractivity contribution in [2.45, 2.75) is 0 Å². The number of phenolic OH excluding ortho intramolecular Hbond substituents is 1. The van der Waals surface area contributed by atoms with Gasteiger partial charge in [0, 0.05) is 6.54 Å². The first-order valence-electron chi connectivity index (χ1n) is 5.78. The summed E-state index contributed by atoms with van der Waals surface area (Å²) in [6.07, 6.45) is 0.528. The van der Waals surface area contributed by atoms with E-state index in [0.29, 0.717) is 17.1 Å². The molecule has 0 atom stereocenters. The molecule has 98 valence electrons. The van der Waals surface area contributed by atoms with Crippen LogP contribution in [0.5, 0.6) is 5.75 Å². The Kier molecular flexibility index (Phi) is 3.77. The first-order chi connectivity index (χ1) is 9.19. The molecule has 0 fully saturated rings. The maximum Gasteiger partial charge on any atom is 0.255 e. The summed E-state index contributed by atoms with van der Waals surface area (Å²) in [6, 6.07) is 8.51. The van der Waals surface area contributed by atoms with E-state index in [1.54, 1.807) is 24.3 Å². The molecule has 0 aliphatic carbocycles. The number of nitrogens with one attached hydrogen (secondary N) is 1. The van der Waals surface area contributed by atoms with Crippen molar-refractivity contribution in [1.82, 2.24) is 5.32 Å². The van der Waals surface area contributed by atoms with Crippen LogP contribution in [0, 0.1) is 0 Å². The van der Waals surface area contributed by atoms with Crippen molar-refractivity contribution < 1.29 is 19.8 Å². The second-order valence-corrected chi connectivity index (χ2v) is 4.00. The van der Waals surface area contributed by atoms with Gasteiger partial charge in [-0.1, -0.05) is 24.3 Å². The molecule has 2 rings (SSSR count). The zero-order valence-electron chi connectivity index (χ0n) is 10.1. The smallest absolute Gasteiger partial charge is 0.255 e. The highest BCUT2D eigenvalue weighted by atomic mass is 16.3. The van der Waals surface area contributed by atoms with Gasteiger partial charge in [-0.25, -0.2) is 0 Å². The van der Waals surface area contributed by atoms with Crippen LogP contribution in [0.1, 0.15) is 20.7 Å². The number of carbonyl (C=O) groups is 2. The van der Waals surface area contributed by atoms with Gasteiger partial charge in [-0.05, 0) is 16.8 Å². The Labute approximate surface area is 109 Å². The monoisotopic (exact) mass is 259 g/mol. The number of phenols is 1. The number of hydrogen-bond donors (Lipinski definition) is 3. The van der Waals surface area contributed by atoms with Crippen LogP contribution < -0.4 is 5.32 Å². The molecule has 5 nitrogen and oxygen atoms in total. The summed E-state index contributed by atoms with van der Waals surface area (Å²) in [4.78, 5) is 22.9. The lowest BCUT2D eigenvalue weighted by atomic mass is 9.99. The third kappa shape index (κ3) is 2.41. The van der Waals surface area contributed by atoms with Crippen molar-refractivity contribution in [3.8, 4) is 5.75 Å². The third-order valence-electron chi connectivity index (χ3n) is 2.82. The zero-order valence-corrected chi connectivity index (χ0v) is 10.1. The minimum Gasteiger partial charge on any atom is -0.506 e. The Hall–Kier alpha value is -2.40. The molecule has 0 aliphatic heterocycles. The number of benzene rings is 2. The predicted molar refractivity (Wildman–Crippen MR) is 70.4 cm³/mol. The van der Waals surface area contributed by atoms with E-state index in [1.807, 2.05) is 0 Å². The standard InChI is InChI=1S/C14H13NO4/c16-6-5-15-14(19)11-7-9-3-1-2-4-10(9)12(8-17)13(11)18/h1-4,7-8,16,18H,5-6H2,(H,15,19). The van der Waals surface area contributed by atoms with Crippen molar-refractivity contribution in [3.63, 3.8) is 0 Å². The molecule has 19 heavy (non-hydrogen) atoms. The molecule has 2 aromatic rings. The van der Waals surface area contributed by atoms with Crippen molar-refractivity contribution in [2.75, 3.05) is 13.2 Å². The van der Waals surface area contributed by atoms with Gasteiger partial charge in [-0.15, -0.1) is 0 Å². The average Bonchev–Trinajstić information content (AvgIpc) is 2.44. The number of amides is 1. The fraction of sp³-hybridized carbons (Fsp3) is 0.143. The number of aliphatic hydroxyl groups excluding tert-OH is 1. The van der Waals surface area contributed by atoms with E-state index in [0.717, 1.165) is 0 Å². The third-order valence-corrected chi connectivity index (χ3v) is 2.82. The van der Waals surface area contributed by atoms with E-state index in [4.69, 9.17) is 5.11 Å². The van der Waals surface area contributed by atoms with E-state index in [2.05, 4.69) is 5.32 Å². The van der Waals surface area contributed by atoms with E-state index >= 15 is 0 Å². The van der Waals surface area contributed by atoms with Gasteiger partial charge in [0.25, 0.3) is 5.91 Å². The lowest BCUT2D eigenvalue weighted by Gasteiger charge is -2.10. The molecule has 3 N–H and O–H groups in total. The minimum atomic E-state index is -0.527. The second-order valence-electron chi connectivity index (χ2n) is 4.00. The number of carbonyl (C=O) groups excluding carboxylic acids is 2. The molecule has 0 saturated carbocycles. The van der Waals surface area contributed by atoms with Crippen molar-refractivity contribution >= 4 is 23.0 Å². The molecule has 1 amide bonds. The highest BCUT2D eigenvalue weighted by Gasteiger charge is 2.17. The quantitative estimate of drug-likeness (QED) is 0.717. The summed E-state index contributed by atoms with van der Waals surface area (Å²) in [6.45, 7) is -0.109. The van der Waals surface area contributed by atoms with Gasteiger partial charge in [0.1, 0.15) is 5.75 Å². The van der Waals surface area contributed by atoms with Crippen molar-refractivity contribution in [2.24, 2.45) is 0 Å². The highest BCUT2D eigenvalue weighted by Crippen LogP contribution is 2.29. The normalized spacial score (nSPS) is 10.4. The van der Waals surface area contributed by atoms with Crippen LogP contribution in [0.2, 0.25) is 0 Å². The number of aliphatic hydroxyl groups is 1. The van der Waals surface area contributed by atoms with E-state index in [1.165, 1.54) is 6.07 Å². The number of hydrogen-bond acceptors (Lipinski definition) is 4. The van der Waals surface area contributed by atoms with Crippen LogP contribution in [0.25, 0.3) is 10.8 Å². The molecule has 0 aromatic heterocycles. The molecule has 0 heterocycles. The molecule has 0 aliphatic rings. The summed E-state index contributed by atoms with van der Waals surface area (Å²) in [7, 11) is 0. The number of rotatable bonds is 4. The first-order valence-corrected chi connectivity index (χ1v) is 5.78. The molecule has 0 saturated heterocycles. The number of fused-ring (bicyclic) bond motifs is 1. The Balaban J connectivity index is 2.59. The maximum atomic E-state index is 11.8. The lowest BCUT2D eigenvalue weighted by molar-refractivity contribution is 0.0942. The average molecular weight is 259 g/mol. The highest BCUT2D eigenvalue weighted by molar-refractivity contribution is 6.08. The topological polar surface area (TPSA) is 86.6 Å². The molecule has 0 radical (unpaired) electrons. The van der Waals surface area contributed by atoms with Gasteiger partial charge in [-0.2, -0.15) is 0 Å². The van der Waals surface area contributed by atoms with E-state index in [-0.39, 0.29) is 30.0 Å². The van der Waals surface area contributed by atoms with Crippen LogP contribution in [0.15, 0.2) is 30.3 Å². The van der Waals surface area contributed by atoms with Crippen molar-refractivity contribution in [1.29, 1.82) is 0 Å². The number of aldehydes is 1. The Bertz CT molecular complexity index is 637. The lowest BCUT2D eigenvalue weighted by Crippen LogP contribution is -2.26. The molecule has 0 spiro atoms. The largest absolute Gasteiger partial charge is 0.506 e. The van der Waals surface area contributed by atoms with Gasteiger partial charge < -0.3 is 15.5 Å². The van der Waals surface area contributed by atoms with Gasteiger partial charge >= 0.3 is 0 Å².